The average molecular weight is 268 g/mol. The molecular formula is C14H16N6. The van der Waals surface area contributed by atoms with Crippen molar-refractivity contribution in [1.82, 2.24) is 19.6 Å². The summed E-state index contributed by atoms with van der Waals surface area (Å²) in [7, 11) is 0. The van der Waals surface area contributed by atoms with Crippen LogP contribution in [0.15, 0.2) is 36.7 Å². The average Bonchev–Trinajstić information content (AvgIpc) is 2.84. The van der Waals surface area contributed by atoms with Gasteiger partial charge in [-0.3, -0.25) is 4.40 Å². The van der Waals surface area contributed by atoms with Gasteiger partial charge < -0.3 is 11.1 Å². The molecule has 3 N–H and O–H groups in total. The lowest BCUT2D eigenvalue weighted by atomic mass is 10.1. The van der Waals surface area contributed by atoms with Gasteiger partial charge in [0.15, 0.2) is 5.82 Å². The lowest BCUT2D eigenvalue weighted by molar-refractivity contribution is 0.997. The zero-order valence-electron chi connectivity index (χ0n) is 11.2. The van der Waals surface area contributed by atoms with Crippen LogP contribution in [0.2, 0.25) is 0 Å². The Kier molecular flexibility index (Phi) is 3.20. The van der Waals surface area contributed by atoms with E-state index >= 15 is 0 Å². The fourth-order valence-electron chi connectivity index (χ4n) is 2.05. The number of aromatic nitrogens is 4. The van der Waals surface area contributed by atoms with E-state index in [4.69, 9.17) is 5.73 Å². The van der Waals surface area contributed by atoms with Gasteiger partial charge in [0, 0.05) is 18.9 Å². The smallest absolute Gasteiger partial charge is 0.226 e. The number of rotatable bonds is 4. The standard InChI is InChI=1S/C14H16N6/c1-10-2-4-11(5-3-10)6-7-16-12-13-18-19-14(15)20(13)9-8-17-12/h2-5,8-9H,6-7H2,1H3,(H2,15,19)(H,16,17). The molecule has 0 unspecified atom stereocenters. The Morgan fingerprint density at radius 2 is 2.00 bits per heavy atom. The third-order valence-corrected chi connectivity index (χ3v) is 3.18. The molecule has 0 bridgehead atoms. The Morgan fingerprint density at radius 3 is 2.80 bits per heavy atom. The van der Waals surface area contributed by atoms with Crippen molar-refractivity contribution in [2.75, 3.05) is 17.6 Å². The molecule has 0 aliphatic heterocycles. The van der Waals surface area contributed by atoms with Gasteiger partial charge in [-0.05, 0) is 18.9 Å². The zero-order valence-corrected chi connectivity index (χ0v) is 11.2. The van der Waals surface area contributed by atoms with E-state index in [0.717, 1.165) is 13.0 Å². The highest BCUT2D eigenvalue weighted by atomic mass is 15.3. The molecule has 0 spiro atoms. The van der Waals surface area contributed by atoms with Crippen LogP contribution in [0, 0.1) is 6.92 Å². The van der Waals surface area contributed by atoms with Crippen LogP contribution >= 0.6 is 0 Å². The molecule has 2 heterocycles. The molecule has 3 aromatic rings. The second kappa shape index (κ2) is 5.16. The molecule has 0 fully saturated rings. The number of nitrogens with two attached hydrogens (primary N) is 1. The van der Waals surface area contributed by atoms with Crippen molar-refractivity contribution in [2.45, 2.75) is 13.3 Å². The summed E-state index contributed by atoms with van der Waals surface area (Å²) in [5.74, 6) is 1.06. The van der Waals surface area contributed by atoms with E-state index < -0.39 is 0 Å². The number of hydrogen-bond acceptors (Lipinski definition) is 5. The normalized spacial score (nSPS) is 10.8. The predicted molar refractivity (Wildman–Crippen MR) is 78.6 cm³/mol. The molecule has 0 saturated carbocycles. The number of hydrogen-bond donors (Lipinski definition) is 2. The van der Waals surface area contributed by atoms with Gasteiger partial charge in [-0.2, -0.15) is 0 Å². The fourth-order valence-corrected chi connectivity index (χ4v) is 2.05. The van der Waals surface area contributed by atoms with Crippen LogP contribution in [0.5, 0.6) is 0 Å². The zero-order chi connectivity index (χ0) is 13.9. The van der Waals surface area contributed by atoms with Crippen molar-refractivity contribution in [1.29, 1.82) is 0 Å². The maximum atomic E-state index is 5.71. The van der Waals surface area contributed by atoms with Gasteiger partial charge in [0.1, 0.15) is 0 Å². The Balaban J connectivity index is 1.69. The van der Waals surface area contributed by atoms with Gasteiger partial charge in [-0.15, -0.1) is 10.2 Å². The summed E-state index contributed by atoms with van der Waals surface area (Å²) in [5.41, 5.74) is 8.92. The van der Waals surface area contributed by atoms with E-state index in [2.05, 4.69) is 51.7 Å². The summed E-state index contributed by atoms with van der Waals surface area (Å²) < 4.78 is 1.71. The molecule has 0 saturated heterocycles. The summed E-state index contributed by atoms with van der Waals surface area (Å²) in [4.78, 5) is 4.28. The molecule has 0 atom stereocenters. The van der Waals surface area contributed by atoms with Crippen LogP contribution in [0.1, 0.15) is 11.1 Å². The monoisotopic (exact) mass is 268 g/mol. The summed E-state index contributed by atoms with van der Waals surface area (Å²) >= 11 is 0. The van der Waals surface area contributed by atoms with Crippen molar-refractivity contribution < 1.29 is 0 Å². The molecule has 2 aromatic heterocycles. The second-order valence-corrected chi connectivity index (χ2v) is 4.69. The molecule has 0 amide bonds. The van der Waals surface area contributed by atoms with E-state index in [1.54, 1.807) is 16.8 Å². The maximum Gasteiger partial charge on any atom is 0.226 e. The molecular weight excluding hydrogens is 252 g/mol. The first-order chi connectivity index (χ1) is 9.74. The van der Waals surface area contributed by atoms with E-state index in [-0.39, 0.29) is 0 Å². The number of aryl methyl sites for hydroxylation is 1. The maximum absolute atomic E-state index is 5.71. The van der Waals surface area contributed by atoms with E-state index in [9.17, 15) is 0 Å². The molecule has 102 valence electrons. The van der Waals surface area contributed by atoms with E-state index in [1.165, 1.54) is 11.1 Å². The summed E-state index contributed by atoms with van der Waals surface area (Å²) in [6.07, 6.45) is 4.35. The van der Waals surface area contributed by atoms with Gasteiger partial charge in [0.25, 0.3) is 0 Å². The molecule has 20 heavy (non-hydrogen) atoms. The van der Waals surface area contributed by atoms with Crippen LogP contribution in [-0.2, 0) is 6.42 Å². The number of benzene rings is 1. The number of fused-ring (bicyclic) bond motifs is 1. The summed E-state index contributed by atoms with van der Waals surface area (Å²) in [6.45, 7) is 2.87. The molecule has 0 aliphatic rings. The van der Waals surface area contributed by atoms with Crippen molar-refractivity contribution in [3.63, 3.8) is 0 Å². The lowest BCUT2D eigenvalue weighted by Crippen LogP contribution is -2.08. The van der Waals surface area contributed by atoms with Crippen LogP contribution in [0.25, 0.3) is 5.65 Å². The molecule has 1 aromatic carbocycles. The van der Waals surface area contributed by atoms with Crippen molar-refractivity contribution >= 4 is 17.4 Å². The Bertz CT molecular complexity index is 716. The third kappa shape index (κ3) is 2.40. The van der Waals surface area contributed by atoms with Crippen LogP contribution < -0.4 is 11.1 Å². The Hall–Kier alpha value is -2.63. The largest absolute Gasteiger partial charge is 0.368 e. The summed E-state index contributed by atoms with van der Waals surface area (Å²) in [6, 6.07) is 8.52. The quantitative estimate of drug-likeness (QED) is 0.752. The SMILES string of the molecule is Cc1ccc(CCNc2nccn3c(N)nnc23)cc1. The number of nitrogen functional groups attached to an aromatic ring is 1. The first kappa shape index (κ1) is 12.4. The van der Waals surface area contributed by atoms with Crippen LogP contribution in [0.3, 0.4) is 0 Å². The molecule has 0 aliphatic carbocycles. The van der Waals surface area contributed by atoms with Crippen molar-refractivity contribution in [3.8, 4) is 0 Å². The Labute approximate surface area is 116 Å². The molecule has 3 rings (SSSR count). The van der Waals surface area contributed by atoms with Gasteiger partial charge in [0.05, 0.1) is 0 Å². The minimum Gasteiger partial charge on any atom is -0.368 e. The second-order valence-electron chi connectivity index (χ2n) is 4.69. The molecule has 0 radical (unpaired) electrons. The first-order valence-corrected chi connectivity index (χ1v) is 6.48. The highest BCUT2D eigenvalue weighted by Crippen LogP contribution is 2.13. The van der Waals surface area contributed by atoms with Gasteiger partial charge in [-0.25, -0.2) is 4.98 Å². The van der Waals surface area contributed by atoms with Gasteiger partial charge >= 0.3 is 0 Å². The molecule has 6 heteroatoms. The lowest BCUT2D eigenvalue weighted by Gasteiger charge is -2.06. The third-order valence-electron chi connectivity index (χ3n) is 3.18. The predicted octanol–water partition coefficient (Wildman–Crippen LogP) is 1.67. The van der Waals surface area contributed by atoms with Crippen molar-refractivity contribution in [2.24, 2.45) is 0 Å². The number of nitrogens with zero attached hydrogens (tertiary/aromatic N) is 4. The van der Waals surface area contributed by atoms with Gasteiger partial charge in [0.2, 0.25) is 11.6 Å². The number of anilines is 2. The van der Waals surface area contributed by atoms with Crippen LogP contribution in [0.4, 0.5) is 11.8 Å². The highest BCUT2D eigenvalue weighted by molar-refractivity contribution is 5.63. The van der Waals surface area contributed by atoms with E-state index in [1.807, 2.05) is 0 Å². The fraction of sp³-hybridized carbons (Fsp3) is 0.214. The van der Waals surface area contributed by atoms with Crippen LogP contribution in [-0.4, -0.2) is 26.1 Å². The topological polar surface area (TPSA) is 81.1 Å². The van der Waals surface area contributed by atoms with Crippen molar-refractivity contribution in [3.05, 3.63) is 47.8 Å². The minimum absolute atomic E-state index is 0.365. The number of nitrogens with one attached hydrogen (secondary N) is 1. The Morgan fingerprint density at radius 1 is 1.20 bits per heavy atom. The highest BCUT2D eigenvalue weighted by Gasteiger charge is 2.07. The first-order valence-electron chi connectivity index (χ1n) is 6.48. The van der Waals surface area contributed by atoms with E-state index in [0.29, 0.717) is 17.4 Å². The van der Waals surface area contributed by atoms with Gasteiger partial charge in [-0.1, -0.05) is 29.8 Å². The minimum atomic E-state index is 0.365. The summed E-state index contributed by atoms with van der Waals surface area (Å²) in [5, 5.41) is 11.1. The molecule has 6 nitrogen and oxygen atoms in total.